The van der Waals surface area contributed by atoms with Crippen molar-refractivity contribution in [3.63, 3.8) is 0 Å². The monoisotopic (exact) mass is 402 g/mol. The molecule has 0 atom stereocenters. The lowest BCUT2D eigenvalue weighted by Gasteiger charge is -2.09. The molecule has 0 amide bonds. The van der Waals surface area contributed by atoms with E-state index in [-0.39, 0.29) is 10.3 Å². The fourth-order valence-electron chi connectivity index (χ4n) is 1.46. The van der Waals surface area contributed by atoms with Crippen LogP contribution in [0, 0.1) is 11.2 Å². The average molecular weight is 404 g/mol. The summed E-state index contributed by atoms with van der Waals surface area (Å²) in [5, 5.41) is 7.37. The molecule has 0 bridgehead atoms. The summed E-state index contributed by atoms with van der Waals surface area (Å²) in [5.74, 6) is -0.573. The molecule has 0 unspecified atom stereocenters. The van der Waals surface area contributed by atoms with Gasteiger partial charge in [-0.25, -0.2) is 4.39 Å². The van der Waals surface area contributed by atoms with Gasteiger partial charge >= 0.3 is 0 Å². The molecule has 0 aliphatic rings. The van der Waals surface area contributed by atoms with Crippen molar-refractivity contribution in [2.45, 2.75) is 9.79 Å². The topological polar surface area (TPSA) is 49.9 Å². The Morgan fingerprint density at radius 2 is 1.79 bits per heavy atom. The summed E-state index contributed by atoms with van der Waals surface area (Å²) < 4.78 is 15.3. The van der Waals surface area contributed by atoms with Gasteiger partial charge in [0.1, 0.15) is 5.84 Å². The molecule has 0 aromatic heterocycles. The number of benzene rings is 2. The highest BCUT2D eigenvalue weighted by molar-refractivity contribution is 9.10. The quantitative estimate of drug-likeness (QED) is 0.571. The Morgan fingerprint density at radius 3 is 2.42 bits per heavy atom. The van der Waals surface area contributed by atoms with Crippen LogP contribution in [0.5, 0.6) is 0 Å². The highest BCUT2D eigenvalue weighted by Crippen LogP contribution is 2.37. The maximum atomic E-state index is 14.2. The van der Waals surface area contributed by atoms with E-state index in [2.05, 4.69) is 31.9 Å². The fourth-order valence-corrected chi connectivity index (χ4v) is 3.56. The van der Waals surface area contributed by atoms with Crippen molar-refractivity contribution in [1.82, 2.24) is 0 Å². The Bertz CT molecular complexity index is 647. The summed E-state index contributed by atoms with van der Waals surface area (Å²) in [4.78, 5) is 1.40. The van der Waals surface area contributed by atoms with Crippen LogP contribution < -0.4 is 5.73 Å². The van der Waals surface area contributed by atoms with Crippen molar-refractivity contribution in [2.75, 3.05) is 0 Å². The Hall–Kier alpha value is -0.850. The molecule has 0 aliphatic carbocycles. The molecular weight excluding hydrogens is 395 g/mol. The summed E-state index contributed by atoms with van der Waals surface area (Å²) in [5.41, 5.74) is 5.74. The predicted molar refractivity (Wildman–Crippen MR) is 83.4 cm³/mol. The molecule has 0 heterocycles. The van der Waals surface area contributed by atoms with Crippen LogP contribution in [0.4, 0.5) is 4.39 Å². The number of nitrogens with two attached hydrogens (primary N) is 1. The van der Waals surface area contributed by atoms with Crippen molar-refractivity contribution in [1.29, 1.82) is 5.41 Å². The van der Waals surface area contributed by atoms with Gasteiger partial charge in [-0.2, -0.15) is 0 Å². The Kier molecular flexibility index (Phi) is 4.65. The Balaban J connectivity index is 2.40. The molecule has 0 saturated carbocycles. The third-order valence-corrected chi connectivity index (χ3v) is 5.23. The van der Waals surface area contributed by atoms with Gasteiger partial charge < -0.3 is 5.73 Å². The molecule has 0 fully saturated rings. The molecule has 98 valence electrons. The molecule has 2 nitrogen and oxygen atoms in total. The number of rotatable bonds is 3. The van der Waals surface area contributed by atoms with E-state index in [1.54, 1.807) is 12.1 Å². The van der Waals surface area contributed by atoms with Gasteiger partial charge in [0.2, 0.25) is 0 Å². The van der Waals surface area contributed by atoms with Gasteiger partial charge in [-0.3, -0.25) is 5.41 Å². The van der Waals surface area contributed by atoms with Gasteiger partial charge in [-0.1, -0.05) is 23.9 Å². The van der Waals surface area contributed by atoms with E-state index in [0.29, 0.717) is 10.5 Å². The van der Waals surface area contributed by atoms with E-state index in [0.717, 1.165) is 9.37 Å². The summed E-state index contributed by atoms with van der Waals surface area (Å²) in [6.07, 6.45) is 0. The van der Waals surface area contributed by atoms with Crippen LogP contribution in [0.2, 0.25) is 0 Å². The lowest BCUT2D eigenvalue weighted by Crippen LogP contribution is -2.12. The van der Waals surface area contributed by atoms with Crippen molar-refractivity contribution < 1.29 is 4.39 Å². The molecule has 2 aromatic rings. The lowest BCUT2D eigenvalue weighted by atomic mass is 10.2. The number of halogens is 3. The maximum Gasteiger partial charge on any atom is 0.152 e. The van der Waals surface area contributed by atoms with Gasteiger partial charge in [0.05, 0.1) is 4.47 Å². The lowest BCUT2D eigenvalue weighted by molar-refractivity contribution is 0.594. The van der Waals surface area contributed by atoms with Crippen molar-refractivity contribution in [2.24, 2.45) is 5.73 Å². The number of nitrogen functional groups attached to an aromatic ring is 1. The van der Waals surface area contributed by atoms with E-state index in [1.165, 1.54) is 11.8 Å². The number of hydrogen-bond donors (Lipinski definition) is 2. The zero-order valence-corrected chi connectivity index (χ0v) is 13.6. The molecule has 19 heavy (non-hydrogen) atoms. The van der Waals surface area contributed by atoms with Crippen molar-refractivity contribution in [3.05, 3.63) is 56.7 Å². The van der Waals surface area contributed by atoms with Gasteiger partial charge in [0.15, 0.2) is 5.82 Å². The van der Waals surface area contributed by atoms with E-state index in [4.69, 9.17) is 11.1 Å². The minimum Gasteiger partial charge on any atom is -0.384 e. The van der Waals surface area contributed by atoms with Gasteiger partial charge in [0, 0.05) is 19.8 Å². The molecule has 0 radical (unpaired) electrons. The van der Waals surface area contributed by atoms with Crippen LogP contribution in [-0.4, -0.2) is 5.84 Å². The normalized spacial score (nSPS) is 10.5. The Labute approximate surface area is 131 Å². The van der Waals surface area contributed by atoms with Crippen LogP contribution in [0.3, 0.4) is 0 Å². The molecule has 2 rings (SSSR count). The molecule has 0 spiro atoms. The Morgan fingerprint density at radius 1 is 1.11 bits per heavy atom. The summed E-state index contributed by atoms with van der Waals surface area (Å²) in [6.45, 7) is 0. The third-order valence-electron chi connectivity index (χ3n) is 2.39. The largest absolute Gasteiger partial charge is 0.384 e. The standard InChI is InChI=1S/C13H9Br2FN2S/c14-8-3-1-2-4-9(8)19-10-6-5-7(13(17)18)11(15)12(10)16/h1-6H,(H3,17,18). The minimum absolute atomic E-state index is 0.164. The van der Waals surface area contributed by atoms with Crippen LogP contribution in [0.25, 0.3) is 0 Å². The first-order valence-electron chi connectivity index (χ1n) is 5.25. The maximum absolute atomic E-state index is 14.2. The number of hydrogen-bond acceptors (Lipinski definition) is 2. The molecule has 3 N–H and O–H groups in total. The second kappa shape index (κ2) is 6.07. The second-order valence-corrected chi connectivity index (χ2v) is 6.42. The van der Waals surface area contributed by atoms with Crippen LogP contribution >= 0.6 is 43.6 Å². The molecule has 2 aromatic carbocycles. The summed E-state index contributed by atoms with van der Waals surface area (Å²) >= 11 is 7.88. The average Bonchev–Trinajstić information content (AvgIpc) is 2.37. The zero-order chi connectivity index (χ0) is 14.0. The van der Waals surface area contributed by atoms with Crippen LogP contribution in [0.15, 0.2) is 55.1 Å². The van der Waals surface area contributed by atoms with Crippen molar-refractivity contribution in [3.8, 4) is 0 Å². The third kappa shape index (κ3) is 3.19. The van der Waals surface area contributed by atoms with Gasteiger partial charge in [-0.15, -0.1) is 0 Å². The minimum atomic E-state index is -0.409. The molecule has 6 heteroatoms. The summed E-state index contributed by atoms with van der Waals surface area (Å²) in [6, 6.07) is 10.9. The number of amidine groups is 1. The zero-order valence-electron chi connectivity index (χ0n) is 9.58. The molecule has 0 saturated heterocycles. The molecule has 0 aliphatic heterocycles. The van der Waals surface area contributed by atoms with E-state index in [9.17, 15) is 4.39 Å². The van der Waals surface area contributed by atoms with E-state index < -0.39 is 5.82 Å². The van der Waals surface area contributed by atoms with Gasteiger partial charge in [-0.05, 0) is 56.1 Å². The van der Waals surface area contributed by atoms with Gasteiger partial charge in [0.25, 0.3) is 0 Å². The fraction of sp³-hybridized carbons (Fsp3) is 0. The van der Waals surface area contributed by atoms with Crippen molar-refractivity contribution >= 4 is 49.5 Å². The first kappa shape index (κ1) is 14.6. The summed E-state index contributed by atoms with van der Waals surface area (Å²) in [7, 11) is 0. The van der Waals surface area contributed by atoms with Crippen LogP contribution in [-0.2, 0) is 0 Å². The SMILES string of the molecule is N=C(N)c1ccc(Sc2ccccc2Br)c(F)c1Br. The smallest absolute Gasteiger partial charge is 0.152 e. The highest BCUT2D eigenvalue weighted by Gasteiger charge is 2.14. The van der Waals surface area contributed by atoms with E-state index >= 15 is 0 Å². The second-order valence-electron chi connectivity index (χ2n) is 3.69. The first-order chi connectivity index (χ1) is 9.00. The predicted octanol–water partition coefficient (Wildman–Crippen LogP) is 4.79. The highest BCUT2D eigenvalue weighted by atomic mass is 79.9. The van der Waals surface area contributed by atoms with E-state index in [1.807, 2.05) is 24.3 Å². The molecular formula is C13H9Br2FN2S. The van der Waals surface area contributed by atoms with Crippen LogP contribution in [0.1, 0.15) is 5.56 Å². The number of nitrogens with one attached hydrogen (secondary N) is 1. The first-order valence-corrected chi connectivity index (χ1v) is 7.65.